The number of carbonyl (C=O) groups excluding carboxylic acids is 2. The van der Waals surface area contributed by atoms with Gasteiger partial charge in [0.2, 0.25) is 0 Å². The Labute approximate surface area is 67.8 Å². The topological polar surface area (TPSA) is 76.3 Å². The van der Waals surface area contributed by atoms with Crippen molar-refractivity contribution in [1.29, 1.82) is 0 Å². The van der Waals surface area contributed by atoms with Crippen molar-refractivity contribution in [3.8, 4) is 0 Å². The molecule has 1 aromatic rings. The Morgan fingerprint density at radius 1 is 1.25 bits per heavy atom. The first-order valence-corrected chi connectivity index (χ1v) is 3.29. The average molecular weight is 163 g/mol. The lowest BCUT2D eigenvalue weighted by Gasteiger charge is -2.01. The van der Waals surface area contributed by atoms with Crippen LogP contribution in [0.2, 0.25) is 0 Å². The van der Waals surface area contributed by atoms with Gasteiger partial charge in [-0.15, -0.1) is 0 Å². The molecule has 0 saturated carbocycles. The quantitative estimate of drug-likeness (QED) is 0.319. The Bertz CT molecular complexity index is 340. The maximum atomic E-state index is 11.2. The summed E-state index contributed by atoms with van der Waals surface area (Å²) in [6, 6.07) is 1.47. The molecule has 1 aliphatic heterocycles. The van der Waals surface area contributed by atoms with E-state index in [1.807, 2.05) is 0 Å². The van der Waals surface area contributed by atoms with E-state index in [4.69, 9.17) is 5.84 Å². The number of nitrogens with zero attached hydrogens (tertiary/aromatic N) is 2. The van der Waals surface area contributed by atoms with E-state index in [-0.39, 0.29) is 5.56 Å². The van der Waals surface area contributed by atoms with Gasteiger partial charge in [0.15, 0.2) is 0 Å². The number of rotatable bonds is 0. The van der Waals surface area contributed by atoms with Gasteiger partial charge < -0.3 is 0 Å². The number of nitrogens with two attached hydrogens (primary N) is 1. The van der Waals surface area contributed by atoms with E-state index in [0.717, 1.165) is 0 Å². The van der Waals surface area contributed by atoms with E-state index >= 15 is 0 Å². The standard InChI is InChI=1S/C7H5N3O2/c8-10-6(11)4-1-2-9-3-5(4)7(10)12/h1-3H,8H2. The third-order valence-corrected chi connectivity index (χ3v) is 1.72. The van der Waals surface area contributed by atoms with Crippen molar-refractivity contribution in [2.45, 2.75) is 0 Å². The first-order chi connectivity index (χ1) is 5.72. The molecule has 2 heterocycles. The van der Waals surface area contributed by atoms with Gasteiger partial charge in [-0.3, -0.25) is 14.6 Å². The van der Waals surface area contributed by atoms with E-state index in [2.05, 4.69) is 4.98 Å². The second kappa shape index (κ2) is 2.12. The minimum atomic E-state index is -0.497. The fraction of sp³-hybridized carbons (Fsp3) is 0. The number of pyridine rings is 1. The van der Waals surface area contributed by atoms with Crippen LogP contribution in [-0.4, -0.2) is 21.8 Å². The summed E-state index contributed by atoms with van der Waals surface area (Å²) in [4.78, 5) is 26.0. The molecule has 0 bridgehead atoms. The molecule has 0 fully saturated rings. The van der Waals surface area contributed by atoms with Crippen LogP contribution < -0.4 is 5.84 Å². The molecule has 0 atom stereocenters. The Hall–Kier alpha value is -1.75. The first-order valence-electron chi connectivity index (χ1n) is 3.29. The van der Waals surface area contributed by atoms with Gasteiger partial charge in [-0.1, -0.05) is 0 Å². The fourth-order valence-electron chi connectivity index (χ4n) is 1.10. The minimum absolute atomic E-state index is 0.269. The number of amides is 2. The van der Waals surface area contributed by atoms with Crippen molar-refractivity contribution in [3.05, 3.63) is 29.6 Å². The van der Waals surface area contributed by atoms with Crippen LogP contribution in [-0.2, 0) is 0 Å². The van der Waals surface area contributed by atoms with Gasteiger partial charge in [-0.05, 0) is 6.07 Å². The maximum Gasteiger partial charge on any atom is 0.277 e. The second-order valence-electron chi connectivity index (χ2n) is 2.40. The van der Waals surface area contributed by atoms with Gasteiger partial charge in [0.25, 0.3) is 11.8 Å². The van der Waals surface area contributed by atoms with E-state index in [1.165, 1.54) is 18.5 Å². The number of hydrazine groups is 1. The number of aromatic nitrogens is 1. The summed E-state index contributed by atoms with van der Waals surface area (Å²) >= 11 is 0. The van der Waals surface area contributed by atoms with Crippen LogP contribution in [0.4, 0.5) is 0 Å². The molecule has 2 N–H and O–H groups in total. The Balaban J connectivity index is 2.67. The summed E-state index contributed by atoms with van der Waals surface area (Å²) in [7, 11) is 0. The number of carbonyl (C=O) groups is 2. The summed E-state index contributed by atoms with van der Waals surface area (Å²) < 4.78 is 0. The highest BCUT2D eigenvalue weighted by Crippen LogP contribution is 2.17. The molecule has 0 radical (unpaired) electrons. The number of imide groups is 1. The Kier molecular flexibility index (Phi) is 1.22. The normalized spacial score (nSPS) is 15.2. The summed E-state index contributed by atoms with van der Waals surface area (Å²) in [5, 5.41) is 0.590. The summed E-state index contributed by atoms with van der Waals surface area (Å²) in [5.74, 6) is 4.21. The molecule has 2 amide bonds. The SMILES string of the molecule is NN1C(=O)c2ccncc2C1=O. The van der Waals surface area contributed by atoms with E-state index < -0.39 is 11.8 Å². The summed E-state index contributed by atoms with van der Waals surface area (Å²) in [5.41, 5.74) is 0.586. The minimum Gasteiger partial charge on any atom is -0.267 e. The average Bonchev–Trinajstić information content (AvgIpc) is 2.33. The monoisotopic (exact) mass is 163 g/mol. The lowest BCUT2D eigenvalue weighted by molar-refractivity contribution is 0.0654. The van der Waals surface area contributed by atoms with E-state index in [0.29, 0.717) is 10.6 Å². The number of fused-ring (bicyclic) bond motifs is 1. The predicted octanol–water partition coefficient (Wildman–Crippen LogP) is -0.449. The van der Waals surface area contributed by atoms with Crippen LogP contribution in [0.25, 0.3) is 0 Å². The molecule has 0 aliphatic carbocycles. The third-order valence-electron chi connectivity index (χ3n) is 1.72. The highest BCUT2D eigenvalue weighted by Gasteiger charge is 2.33. The summed E-state index contributed by atoms with van der Waals surface area (Å²) in [6.07, 6.45) is 2.78. The zero-order valence-electron chi connectivity index (χ0n) is 6.02. The van der Waals surface area contributed by atoms with Crippen LogP contribution in [0.15, 0.2) is 18.5 Å². The van der Waals surface area contributed by atoms with Crippen LogP contribution in [0.3, 0.4) is 0 Å². The first kappa shape index (κ1) is 6.93. The third kappa shape index (κ3) is 0.680. The van der Waals surface area contributed by atoms with Gasteiger partial charge in [0.05, 0.1) is 11.1 Å². The van der Waals surface area contributed by atoms with Crippen LogP contribution in [0.5, 0.6) is 0 Å². The predicted molar refractivity (Wildman–Crippen MR) is 38.9 cm³/mol. The zero-order chi connectivity index (χ0) is 8.72. The van der Waals surface area contributed by atoms with Crippen LogP contribution in [0.1, 0.15) is 20.7 Å². The zero-order valence-corrected chi connectivity index (χ0v) is 6.02. The number of hydrogen-bond donors (Lipinski definition) is 1. The van der Waals surface area contributed by atoms with E-state index in [1.54, 1.807) is 0 Å². The van der Waals surface area contributed by atoms with Crippen LogP contribution in [0, 0.1) is 0 Å². The van der Waals surface area contributed by atoms with Gasteiger partial charge in [-0.2, -0.15) is 0 Å². The fourth-order valence-corrected chi connectivity index (χ4v) is 1.10. The largest absolute Gasteiger partial charge is 0.277 e. The molecule has 0 aromatic carbocycles. The van der Waals surface area contributed by atoms with Crippen molar-refractivity contribution in [3.63, 3.8) is 0 Å². The molecule has 2 rings (SSSR count). The highest BCUT2D eigenvalue weighted by molar-refractivity contribution is 6.20. The molecule has 12 heavy (non-hydrogen) atoms. The van der Waals surface area contributed by atoms with Crippen LogP contribution >= 0.6 is 0 Å². The number of hydrogen-bond acceptors (Lipinski definition) is 4. The molecule has 5 nitrogen and oxygen atoms in total. The Morgan fingerprint density at radius 3 is 2.58 bits per heavy atom. The summed E-state index contributed by atoms with van der Waals surface area (Å²) in [6.45, 7) is 0. The molecule has 0 unspecified atom stereocenters. The van der Waals surface area contributed by atoms with Crippen molar-refractivity contribution >= 4 is 11.8 Å². The van der Waals surface area contributed by atoms with Crippen molar-refractivity contribution in [1.82, 2.24) is 9.99 Å². The molecular weight excluding hydrogens is 158 g/mol. The smallest absolute Gasteiger partial charge is 0.267 e. The molecule has 5 heteroatoms. The Morgan fingerprint density at radius 2 is 1.92 bits per heavy atom. The van der Waals surface area contributed by atoms with Crippen molar-refractivity contribution < 1.29 is 9.59 Å². The molecule has 0 saturated heterocycles. The van der Waals surface area contributed by atoms with Gasteiger partial charge >= 0.3 is 0 Å². The van der Waals surface area contributed by atoms with Gasteiger partial charge in [-0.25, -0.2) is 10.9 Å². The van der Waals surface area contributed by atoms with Gasteiger partial charge in [0, 0.05) is 12.4 Å². The lowest BCUT2D eigenvalue weighted by Crippen LogP contribution is -2.36. The molecule has 60 valence electrons. The molecule has 1 aliphatic rings. The highest BCUT2D eigenvalue weighted by atomic mass is 16.2. The molecular formula is C7H5N3O2. The van der Waals surface area contributed by atoms with Gasteiger partial charge in [0.1, 0.15) is 0 Å². The lowest BCUT2D eigenvalue weighted by atomic mass is 10.2. The molecule has 0 spiro atoms. The maximum absolute atomic E-state index is 11.2. The van der Waals surface area contributed by atoms with Crippen molar-refractivity contribution in [2.24, 2.45) is 5.84 Å². The van der Waals surface area contributed by atoms with Crippen molar-refractivity contribution in [2.75, 3.05) is 0 Å². The molecule has 1 aromatic heterocycles. The van der Waals surface area contributed by atoms with E-state index in [9.17, 15) is 9.59 Å². The second-order valence-corrected chi connectivity index (χ2v) is 2.40.